The number of aromatic nitrogens is 2. The van der Waals surface area contributed by atoms with Crippen LogP contribution in [0.2, 0.25) is 0 Å². The molecule has 2 aromatic rings. The number of rotatable bonds is 6. The summed E-state index contributed by atoms with van der Waals surface area (Å²) in [5, 5.41) is 8.22. The largest absolute Gasteiger partial charge is 0.468 e. The monoisotopic (exact) mass is 290 g/mol. The summed E-state index contributed by atoms with van der Waals surface area (Å²) in [4.78, 5) is 2.12. The Bertz CT molecular complexity index is 569. The molecule has 0 spiro atoms. The number of nitrogens with one attached hydrogen (secondary N) is 1. The maximum absolute atomic E-state index is 5.45. The lowest BCUT2D eigenvalue weighted by atomic mass is 10.0. The number of aryl methyl sites for hydroxylation is 1. The van der Waals surface area contributed by atoms with Gasteiger partial charge in [-0.1, -0.05) is 13.8 Å². The van der Waals surface area contributed by atoms with E-state index in [9.17, 15) is 0 Å². The van der Waals surface area contributed by atoms with Gasteiger partial charge in [-0.15, -0.1) is 0 Å². The summed E-state index contributed by atoms with van der Waals surface area (Å²) >= 11 is 0. The van der Waals surface area contributed by atoms with Crippen LogP contribution in [0.1, 0.15) is 49.7 Å². The van der Waals surface area contributed by atoms with Crippen LogP contribution in [0.5, 0.6) is 0 Å². The highest BCUT2D eigenvalue weighted by atomic mass is 16.3. The fourth-order valence-corrected chi connectivity index (χ4v) is 2.67. The van der Waals surface area contributed by atoms with E-state index in [0.29, 0.717) is 5.92 Å². The molecule has 0 amide bonds. The molecule has 1 N–H and O–H groups in total. The minimum atomic E-state index is 0.176. The Balaban J connectivity index is 2.21. The first-order valence-electron chi connectivity index (χ1n) is 7.41. The second-order valence-electron chi connectivity index (χ2n) is 5.98. The molecule has 0 fully saturated rings. The molecule has 5 heteroatoms. The Kier molecular flexibility index (Phi) is 4.73. The van der Waals surface area contributed by atoms with Crippen molar-refractivity contribution in [3.63, 3.8) is 0 Å². The van der Waals surface area contributed by atoms with Crippen molar-refractivity contribution in [3.05, 3.63) is 35.4 Å². The molecule has 116 valence electrons. The SMILES string of the molecule is CC(C)c1nn(C)c(N(C)C)c1CN[C@@H](C)c1ccco1. The number of hydrogen-bond acceptors (Lipinski definition) is 4. The van der Waals surface area contributed by atoms with E-state index in [1.54, 1.807) is 6.26 Å². The molecular weight excluding hydrogens is 264 g/mol. The summed E-state index contributed by atoms with van der Waals surface area (Å²) in [5.41, 5.74) is 2.41. The van der Waals surface area contributed by atoms with E-state index in [1.807, 2.05) is 23.9 Å². The lowest BCUT2D eigenvalue weighted by molar-refractivity contribution is 0.429. The summed E-state index contributed by atoms with van der Waals surface area (Å²) in [7, 11) is 6.11. The highest BCUT2D eigenvalue weighted by Gasteiger charge is 2.20. The van der Waals surface area contributed by atoms with Gasteiger partial charge in [0.15, 0.2) is 0 Å². The first-order valence-corrected chi connectivity index (χ1v) is 7.41. The molecule has 0 radical (unpaired) electrons. The van der Waals surface area contributed by atoms with E-state index in [4.69, 9.17) is 4.42 Å². The molecule has 21 heavy (non-hydrogen) atoms. The molecular formula is C16H26N4O. The van der Waals surface area contributed by atoms with Crippen molar-refractivity contribution in [1.82, 2.24) is 15.1 Å². The molecule has 0 saturated heterocycles. The van der Waals surface area contributed by atoms with E-state index in [0.717, 1.165) is 23.8 Å². The summed E-state index contributed by atoms with van der Waals surface area (Å²) in [5.74, 6) is 2.51. The predicted octanol–water partition coefficient (Wildman–Crippen LogP) is 3.05. The fourth-order valence-electron chi connectivity index (χ4n) is 2.67. The van der Waals surface area contributed by atoms with Gasteiger partial charge in [0, 0.05) is 33.3 Å². The van der Waals surface area contributed by atoms with Crippen LogP contribution >= 0.6 is 0 Å². The zero-order valence-corrected chi connectivity index (χ0v) is 13.8. The molecule has 0 unspecified atom stereocenters. The van der Waals surface area contributed by atoms with E-state index < -0.39 is 0 Å². The van der Waals surface area contributed by atoms with Crippen molar-refractivity contribution in [2.24, 2.45) is 7.05 Å². The molecule has 0 aromatic carbocycles. The third-order valence-electron chi connectivity index (χ3n) is 3.67. The molecule has 2 aromatic heterocycles. The van der Waals surface area contributed by atoms with Crippen molar-refractivity contribution < 1.29 is 4.42 Å². The van der Waals surface area contributed by atoms with Crippen molar-refractivity contribution >= 4 is 5.82 Å². The van der Waals surface area contributed by atoms with E-state index in [-0.39, 0.29) is 6.04 Å². The molecule has 5 nitrogen and oxygen atoms in total. The summed E-state index contributed by atoms with van der Waals surface area (Å²) in [6.07, 6.45) is 1.71. The maximum atomic E-state index is 5.45. The lowest BCUT2D eigenvalue weighted by Crippen LogP contribution is -2.21. The summed E-state index contributed by atoms with van der Waals surface area (Å²) < 4.78 is 7.41. The number of anilines is 1. The molecule has 0 saturated carbocycles. The highest BCUT2D eigenvalue weighted by molar-refractivity contribution is 5.50. The first-order chi connectivity index (χ1) is 9.91. The quantitative estimate of drug-likeness (QED) is 0.888. The Morgan fingerprint density at radius 2 is 2.05 bits per heavy atom. The zero-order valence-electron chi connectivity index (χ0n) is 13.8. The van der Waals surface area contributed by atoms with Gasteiger partial charge < -0.3 is 14.6 Å². The molecule has 0 aliphatic heterocycles. The average molecular weight is 290 g/mol. The molecule has 0 bridgehead atoms. The zero-order chi connectivity index (χ0) is 15.6. The molecule has 1 atom stereocenters. The minimum absolute atomic E-state index is 0.176. The third-order valence-corrected chi connectivity index (χ3v) is 3.67. The van der Waals surface area contributed by atoms with Crippen LogP contribution in [-0.2, 0) is 13.6 Å². The Morgan fingerprint density at radius 1 is 1.33 bits per heavy atom. The van der Waals surface area contributed by atoms with Gasteiger partial charge >= 0.3 is 0 Å². The van der Waals surface area contributed by atoms with Crippen molar-refractivity contribution in [1.29, 1.82) is 0 Å². The van der Waals surface area contributed by atoms with E-state index in [1.165, 1.54) is 5.56 Å². The average Bonchev–Trinajstić information content (AvgIpc) is 3.02. The normalized spacial score (nSPS) is 12.9. The predicted molar refractivity (Wildman–Crippen MR) is 85.6 cm³/mol. The van der Waals surface area contributed by atoms with Gasteiger partial charge in [0.2, 0.25) is 0 Å². The fraction of sp³-hybridized carbons (Fsp3) is 0.562. The van der Waals surface area contributed by atoms with Gasteiger partial charge in [-0.25, -0.2) is 0 Å². The van der Waals surface area contributed by atoms with E-state index in [2.05, 4.69) is 50.2 Å². The number of nitrogens with zero attached hydrogens (tertiary/aromatic N) is 3. The highest BCUT2D eigenvalue weighted by Crippen LogP contribution is 2.27. The van der Waals surface area contributed by atoms with Crippen LogP contribution in [0.3, 0.4) is 0 Å². The number of hydrogen-bond donors (Lipinski definition) is 1. The van der Waals surface area contributed by atoms with Gasteiger partial charge in [-0.05, 0) is 25.0 Å². The standard InChI is InChI=1S/C16H26N4O/c1-11(2)15-13(16(19(4)5)20(6)18-15)10-17-12(3)14-8-7-9-21-14/h7-9,11-12,17H,10H2,1-6H3/t12-/m0/s1. The third kappa shape index (κ3) is 3.29. The second kappa shape index (κ2) is 6.35. The number of furan rings is 1. The molecule has 2 heterocycles. The van der Waals surface area contributed by atoms with Gasteiger partial charge in [-0.2, -0.15) is 5.10 Å². The van der Waals surface area contributed by atoms with Crippen molar-refractivity contribution in [2.45, 2.75) is 39.3 Å². The smallest absolute Gasteiger partial charge is 0.130 e. The van der Waals surface area contributed by atoms with Gasteiger partial charge in [-0.3, -0.25) is 4.68 Å². The van der Waals surface area contributed by atoms with Crippen LogP contribution in [0.4, 0.5) is 5.82 Å². The van der Waals surface area contributed by atoms with Gasteiger partial charge in [0.25, 0.3) is 0 Å². The van der Waals surface area contributed by atoms with Crippen LogP contribution < -0.4 is 10.2 Å². The van der Waals surface area contributed by atoms with Gasteiger partial charge in [0.05, 0.1) is 18.0 Å². The Morgan fingerprint density at radius 3 is 2.57 bits per heavy atom. The molecule has 0 aliphatic carbocycles. The van der Waals surface area contributed by atoms with Gasteiger partial charge in [0.1, 0.15) is 11.6 Å². The van der Waals surface area contributed by atoms with Crippen LogP contribution in [0.15, 0.2) is 22.8 Å². The van der Waals surface area contributed by atoms with E-state index >= 15 is 0 Å². The second-order valence-corrected chi connectivity index (χ2v) is 5.98. The van der Waals surface area contributed by atoms with Crippen molar-refractivity contribution in [2.75, 3.05) is 19.0 Å². The first kappa shape index (κ1) is 15.6. The van der Waals surface area contributed by atoms with Crippen LogP contribution in [0, 0.1) is 0 Å². The Hall–Kier alpha value is -1.75. The minimum Gasteiger partial charge on any atom is -0.468 e. The lowest BCUT2D eigenvalue weighted by Gasteiger charge is -2.18. The topological polar surface area (TPSA) is 46.2 Å². The molecule has 0 aliphatic rings. The van der Waals surface area contributed by atoms with Crippen LogP contribution in [-0.4, -0.2) is 23.9 Å². The molecule has 2 rings (SSSR count). The van der Waals surface area contributed by atoms with Crippen LogP contribution in [0.25, 0.3) is 0 Å². The Labute approximate surface area is 126 Å². The van der Waals surface area contributed by atoms with Crippen molar-refractivity contribution in [3.8, 4) is 0 Å². The summed E-state index contributed by atoms with van der Waals surface area (Å²) in [6, 6.07) is 4.09. The maximum Gasteiger partial charge on any atom is 0.130 e. The summed E-state index contributed by atoms with van der Waals surface area (Å²) in [6.45, 7) is 7.25.